The lowest BCUT2D eigenvalue weighted by atomic mass is 9.81. The molecular weight excluding hydrogens is 1780 g/mol. The molecule has 0 spiro atoms. The minimum atomic E-state index is -1.34. The number of methoxy groups -OCH3 is 3. The number of rotatable bonds is 12. The Morgan fingerprint density at radius 3 is 1.02 bits per heavy atom. The van der Waals surface area contributed by atoms with Crippen molar-refractivity contribution < 1.29 is 34.5 Å². The molecule has 4 N–H and O–H groups in total. The van der Waals surface area contributed by atoms with Crippen molar-refractivity contribution in [2.24, 2.45) is 0 Å². The summed E-state index contributed by atoms with van der Waals surface area (Å²) in [4.78, 5) is 9.36. The van der Waals surface area contributed by atoms with Crippen LogP contribution in [0.4, 0.5) is 0 Å². The number of phenolic OH excluding ortho intramolecular Hbond substituents is 2. The molecule has 0 fully saturated rings. The van der Waals surface area contributed by atoms with Crippen LogP contribution < -0.4 is 19.7 Å². The first kappa shape index (κ1) is 84.9. The molecule has 506 valence electrons. The van der Waals surface area contributed by atoms with Gasteiger partial charge in [-0.05, 0) is 187 Å². The Bertz CT molecular complexity index is 4120. The maximum atomic E-state index is 10.2. The van der Waals surface area contributed by atoms with E-state index in [9.17, 15) is 5.11 Å². The molecule has 0 heterocycles. The van der Waals surface area contributed by atoms with Crippen molar-refractivity contribution in [2.45, 2.75) is 70.9 Å². The summed E-state index contributed by atoms with van der Waals surface area (Å²) in [6, 6.07) is 76.6. The minimum Gasteiger partial charge on any atom is -0.507 e. The number of aryl methyl sites for hydroxylation is 6. The Balaban J connectivity index is 0.000000252. The number of phenols is 2. The van der Waals surface area contributed by atoms with Crippen LogP contribution in [0.15, 0.2) is 275 Å². The largest absolute Gasteiger partial charge is 0.507 e. The van der Waals surface area contributed by atoms with Gasteiger partial charge >= 0.3 is 10.3 Å². The number of halogens is 9. The van der Waals surface area contributed by atoms with Crippen LogP contribution in [-0.2, 0) is 0 Å². The van der Waals surface area contributed by atoms with Crippen LogP contribution in [0, 0.1) is 41.5 Å². The van der Waals surface area contributed by atoms with Crippen molar-refractivity contribution >= 4 is 188 Å². The predicted octanol–water partition coefficient (Wildman–Crippen LogP) is 25.6. The van der Waals surface area contributed by atoms with Crippen molar-refractivity contribution in [3.05, 3.63) is 294 Å². The molecule has 0 aromatic heterocycles. The highest BCUT2D eigenvalue weighted by molar-refractivity contribution is 14.1. The third-order valence-electron chi connectivity index (χ3n) is 13.4. The van der Waals surface area contributed by atoms with Crippen LogP contribution >= 0.6 is 172 Å². The van der Waals surface area contributed by atoms with Crippen LogP contribution in [0.1, 0.15) is 33.4 Å². The average Bonchev–Trinajstić information content (AvgIpc) is 0.838. The van der Waals surface area contributed by atoms with Gasteiger partial charge in [-0.25, -0.2) is 0 Å². The van der Waals surface area contributed by atoms with Crippen LogP contribution in [0.5, 0.6) is 28.7 Å². The highest BCUT2D eigenvalue weighted by Gasteiger charge is 2.13. The highest BCUT2D eigenvalue weighted by Crippen LogP contribution is 2.41. The quantitative estimate of drug-likeness (QED) is 0.0537. The number of benzene rings is 11. The van der Waals surface area contributed by atoms with Crippen molar-refractivity contribution in [3.63, 3.8) is 0 Å². The molecule has 0 aliphatic heterocycles. The fourth-order valence-corrected chi connectivity index (χ4v) is 13.5. The molecule has 0 aliphatic rings. The topological polar surface area (TPSA) is 109 Å². The van der Waals surface area contributed by atoms with E-state index in [0.29, 0.717) is 37.8 Å². The SMILES string of the molecule is BrB(Br)Br.CI.COc1ccc(Br)cc1Cl.COc1ccc(Sc2c(C)cccc2C)cc1-c1ccccc1.COc1ccc(Sc2c(C)cccc2C)cc1Cl.Cc1cccc(C)c1Sc1ccc(O)c(-c2ccccc2)c1.OB(O)c1ccccc1.Oc1ccc(Br)cc1Cl. The molecule has 11 aromatic carbocycles. The lowest BCUT2D eigenvalue weighted by molar-refractivity contribution is 0.414. The first-order chi connectivity index (χ1) is 46.4. The molecule has 0 unspecified atom stereocenters. The molecule has 11 rings (SSSR count). The van der Waals surface area contributed by atoms with Gasteiger partial charge in [0.25, 0.3) is 0 Å². The number of ether oxygens (including phenoxy) is 3. The molecule has 0 saturated heterocycles. The second-order valence-corrected chi connectivity index (χ2v) is 33.2. The first-order valence-electron chi connectivity index (χ1n) is 29.4. The van der Waals surface area contributed by atoms with Crippen molar-refractivity contribution in [3.8, 4) is 51.0 Å². The van der Waals surface area contributed by atoms with E-state index >= 15 is 0 Å². The maximum Gasteiger partial charge on any atom is 0.488 e. The summed E-state index contributed by atoms with van der Waals surface area (Å²) in [6.45, 7) is 12.8. The van der Waals surface area contributed by atoms with Gasteiger partial charge in [0, 0.05) is 49.4 Å². The molecule has 21 heteroatoms. The molecule has 0 amide bonds. The second kappa shape index (κ2) is 46.1. The number of hydrogen-bond acceptors (Lipinski definition) is 10. The van der Waals surface area contributed by atoms with Crippen molar-refractivity contribution in [1.82, 2.24) is 0 Å². The second-order valence-electron chi connectivity index (χ2n) is 20.4. The van der Waals surface area contributed by atoms with Gasteiger partial charge in [-0.2, -0.15) is 0 Å². The first-order valence-corrected chi connectivity index (χ1v) is 39.5. The molecule has 11 aromatic rings. The van der Waals surface area contributed by atoms with Gasteiger partial charge in [-0.3, -0.25) is 0 Å². The average molecular weight is 1850 g/mol. The minimum absolute atomic E-state index is 0.111. The fraction of sp³-hybridized carbons (Fsp3) is 0.132. The number of alkyl halides is 1. The van der Waals surface area contributed by atoms with Crippen LogP contribution in [0.3, 0.4) is 0 Å². The summed E-state index contributed by atoms with van der Waals surface area (Å²) in [5.74, 6) is 2.74. The van der Waals surface area contributed by atoms with Gasteiger partial charge in [0.2, 0.25) is 0 Å². The molecule has 97 heavy (non-hydrogen) atoms. The number of hydrogen-bond donors (Lipinski definition) is 4. The summed E-state index contributed by atoms with van der Waals surface area (Å²) >= 11 is 40.7. The Hall–Kier alpha value is -4.48. The maximum absolute atomic E-state index is 10.2. The smallest absolute Gasteiger partial charge is 0.488 e. The Labute approximate surface area is 656 Å². The van der Waals surface area contributed by atoms with E-state index in [1.54, 1.807) is 93.4 Å². The van der Waals surface area contributed by atoms with Crippen LogP contribution in [0.2, 0.25) is 15.1 Å². The molecule has 0 bridgehead atoms. The lowest BCUT2D eigenvalue weighted by Gasteiger charge is -2.13. The van der Waals surface area contributed by atoms with E-state index in [4.69, 9.17) is 64.2 Å². The monoisotopic (exact) mass is 1840 g/mol. The zero-order valence-corrected chi connectivity index (χ0v) is 69.6. The fourth-order valence-electron chi connectivity index (χ4n) is 8.71. The van der Waals surface area contributed by atoms with Crippen molar-refractivity contribution in [2.75, 3.05) is 26.3 Å². The van der Waals surface area contributed by atoms with E-state index in [2.05, 4.69) is 246 Å². The number of aromatic hydroxyl groups is 2. The molecular formula is C76H73B2Br5Cl3IO7S3. The highest BCUT2D eigenvalue weighted by atomic mass is 127. The Kier molecular flexibility index (Phi) is 40.4. The van der Waals surface area contributed by atoms with Gasteiger partial charge in [0.1, 0.15) is 28.7 Å². The van der Waals surface area contributed by atoms with E-state index in [1.165, 1.54) is 64.6 Å². The van der Waals surface area contributed by atoms with E-state index in [1.807, 2.05) is 95.6 Å². The van der Waals surface area contributed by atoms with Crippen LogP contribution in [-0.4, -0.2) is 56.8 Å². The van der Waals surface area contributed by atoms with E-state index in [0.717, 1.165) is 41.2 Å². The summed E-state index contributed by atoms with van der Waals surface area (Å²) in [7, 11) is 3.60. The normalized spacial score (nSPS) is 9.91. The Morgan fingerprint density at radius 1 is 0.361 bits per heavy atom. The van der Waals surface area contributed by atoms with Crippen molar-refractivity contribution in [1.29, 1.82) is 0 Å². The summed E-state index contributed by atoms with van der Waals surface area (Å²) < 4.78 is 17.7. The molecule has 0 aliphatic carbocycles. The van der Waals surface area contributed by atoms with E-state index in [-0.39, 0.29) is 8.93 Å². The van der Waals surface area contributed by atoms with Gasteiger partial charge in [0.15, 0.2) is 0 Å². The zero-order chi connectivity index (χ0) is 71.6. The third-order valence-corrected chi connectivity index (χ3v) is 19.3. The van der Waals surface area contributed by atoms with Gasteiger partial charge in [0.05, 0.1) is 36.4 Å². The lowest BCUT2D eigenvalue weighted by Crippen LogP contribution is -2.29. The Morgan fingerprint density at radius 2 is 0.670 bits per heavy atom. The summed E-state index contributed by atoms with van der Waals surface area (Å²) in [5.41, 5.74) is 12.5. The predicted molar refractivity (Wildman–Crippen MR) is 445 cm³/mol. The molecule has 7 nitrogen and oxygen atoms in total. The standard InChI is InChI=1S/C21H20OS.C20H18OS.C15H15ClOS.C7H6BrClO.C6H7BO2.C6H4BrClO.CH3I.BBr3/c1-15-8-7-9-16(2)21(15)23-18-12-13-20(22-3)19(14-18)17-10-5-4-6-11-17;1-14-7-6-8-15(2)20(14)22-17-11-12-19(21)18(13-17)16-9-4-3-5-10-16;1-10-5-4-6-11(2)15(10)18-12-7-8-14(17-3)13(16)9-12;1-10-7-3-2-5(8)4-6(7)9;8-7(9)6-4-2-1-3-5-6;7-4-1-2-6(9)5(8)3-4;1-2;2-1(3)4/h4-14H,1-3H3;3-13,21H,1-2H3;4-9H,1-3H3;2-4H,1H3;1-5,8-9H;1-3,9H;1H3;. The molecule has 0 atom stereocenters. The molecule has 0 radical (unpaired) electrons. The van der Waals surface area contributed by atoms with Gasteiger partial charge in [-0.1, -0.05) is 270 Å². The molecule has 0 saturated carbocycles. The van der Waals surface area contributed by atoms with Crippen LogP contribution in [0.25, 0.3) is 22.3 Å². The summed E-state index contributed by atoms with van der Waals surface area (Å²) in [5, 5.41) is 37.8. The summed E-state index contributed by atoms with van der Waals surface area (Å²) in [6.07, 6.45) is 0. The third kappa shape index (κ3) is 29.9. The van der Waals surface area contributed by atoms with Gasteiger partial charge < -0.3 is 34.5 Å². The van der Waals surface area contributed by atoms with E-state index < -0.39 is 7.12 Å². The van der Waals surface area contributed by atoms with Gasteiger partial charge in [-0.15, -0.1) is 47.3 Å². The zero-order valence-electron chi connectivity index (χ0n) is 54.8.